The van der Waals surface area contributed by atoms with Gasteiger partial charge in [-0.1, -0.05) is 218 Å². The third-order valence-electron chi connectivity index (χ3n) is 13.4. The fourth-order valence-electron chi connectivity index (χ4n) is 10.1. The molecular formula is C65H42N4. The van der Waals surface area contributed by atoms with Gasteiger partial charge in [-0.3, -0.25) is 0 Å². The first kappa shape index (κ1) is 40.1. The molecule has 10 aromatic carbocycles. The molecule has 4 heteroatoms. The molecule has 0 spiro atoms. The van der Waals surface area contributed by atoms with Gasteiger partial charge in [0.05, 0.1) is 33.6 Å². The number of pyridine rings is 1. The Labute approximate surface area is 400 Å². The van der Waals surface area contributed by atoms with E-state index in [1.54, 1.807) is 0 Å². The fourth-order valence-corrected chi connectivity index (χ4v) is 10.1. The normalized spacial score (nSPS) is 11.5. The molecule has 0 radical (unpaired) electrons. The molecule has 13 aromatic rings. The van der Waals surface area contributed by atoms with Crippen molar-refractivity contribution in [1.82, 2.24) is 19.5 Å². The monoisotopic (exact) mass is 878 g/mol. The summed E-state index contributed by atoms with van der Waals surface area (Å²) >= 11 is 0. The van der Waals surface area contributed by atoms with E-state index in [9.17, 15) is 0 Å². The summed E-state index contributed by atoms with van der Waals surface area (Å²) in [5.74, 6) is 0.657. The van der Waals surface area contributed by atoms with Crippen LogP contribution in [0.25, 0.3) is 128 Å². The lowest BCUT2D eigenvalue weighted by atomic mass is 9.93. The van der Waals surface area contributed by atoms with Crippen molar-refractivity contribution in [1.29, 1.82) is 0 Å². The maximum Gasteiger partial charge on any atom is 0.160 e. The van der Waals surface area contributed by atoms with Crippen molar-refractivity contribution in [2.75, 3.05) is 0 Å². The van der Waals surface area contributed by atoms with Crippen molar-refractivity contribution < 1.29 is 0 Å². The topological polar surface area (TPSA) is 43.6 Å². The van der Waals surface area contributed by atoms with Crippen LogP contribution in [0.4, 0.5) is 0 Å². The maximum atomic E-state index is 5.72. The van der Waals surface area contributed by atoms with E-state index in [2.05, 4.69) is 247 Å². The third kappa shape index (κ3) is 7.14. The van der Waals surface area contributed by atoms with Crippen LogP contribution in [0.3, 0.4) is 0 Å². The molecule has 0 fully saturated rings. The smallest absolute Gasteiger partial charge is 0.160 e. The zero-order valence-electron chi connectivity index (χ0n) is 37.5. The van der Waals surface area contributed by atoms with E-state index in [0.717, 1.165) is 94.5 Å². The van der Waals surface area contributed by atoms with Crippen LogP contribution < -0.4 is 0 Å². The number of aromatic nitrogens is 4. The summed E-state index contributed by atoms with van der Waals surface area (Å²) in [5, 5.41) is 5.81. The molecule has 0 bridgehead atoms. The SMILES string of the molecule is c1ccc(-c2ccc(-c3cc(-c4ccc(-c5ccccc5)cc4)nc(-c4cccc(-c5cccc6c5nc(-c5ccccc5)c5c6ccc6c5c5ccccc5n6-c5ccccc5)c4)n3)cc2)cc1. The summed E-state index contributed by atoms with van der Waals surface area (Å²) in [4.78, 5) is 16.3. The standard InChI is InChI=1S/C65H42N4/c1-5-17-43(18-6-1)45-31-35-47(36-32-45)57-42-58(48-37-33-46(34-38-48)44-19-7-2-8-20-44)67-65(66-57)51-24-15-23-50(41-51)53-28-16-29-55-54-39-40-60-61(62(54)63(68-64(53)55)49-21-9-3-10-22-49)56-27-13-14-30-59(56)69(60)52-25-11-4-12-26-52/h1-42H. The van der Waals surface area contributed by atoms with E-state index in [4.69, 9.17) is 15.0 Å². The number of rotatable bonds is 8. The van der Waals surface area contributed by atoms with Gasteiger partial charge in [0.15, 0.2) is 5.82 Å². The summed E-state index contributed by atoms with van der Waals surface area (Å²) in [6, 6.07) is 90.3. The maximum absolute atomic E-state index is 5.72. The highest BCUT2D eigenvalue weighted by Crippen LogP contribution is 2.44. The summed E-state index contributed by atoms with van der Waals surface area (Å²) < 4.78 is 2.38. The van der Waals surface area contributed by atoms with Gasteiger partial charge < -0.3 is 4.57 Å². The number of benzene rings is 10. The van der Waals surface area contributed by atoms with E-state index < -0.39 is 0 Å². The zero-order valence-corrected chi connectivity index (χ0v) is 37.5. The molecule has 0 aliphatic carbocycles. The highest BCUT2D eigenvalue weighted by atomic mass is 15.0. The van der Waals surface area contributed by atoms with Crippen molar-refractivity contribution in [3.63, 3.8) is 0 Å². The molecule has 3 aromatic heterocycles. The van der Waals surface area contributed by atoms with Gasteiger partial charge in [0.2, 0.25) is 0 Å². The molecule has 0 unspecified atom stereocenters. The number of hydrogen-bond donors (Lipinski definition) is 0. The Balaban J connectivity index is 0.983. The van der Waals surface area contributed by atoms with E-state index in [-0.39, 0.29) is 0 Å². The van der Waals surface area contributed by atoms with Crippen molar-refractivity contribution >= 4 is 43.5 Å². The first-order valence-electron chi connectivity index (χ1n) is 23.4. The summed E-state index contributed by atoms with van der Waals surface area (Å²) in [7, 11) is 0. The van der Waals surface area contributed by atoms with Gasteiger partial charge >= 0.3 is 0 Å². The van der Waals surface area contributed by atoms with Gasteiger partial charge in [-0.05, 0) is 69.6 Å². The van der Waals surface area contributed by atoms with E-state index in [0.29, 0.717) is 5.82 Å². The van der Waals surface area contributed by atoms with Crippen LogP contribution in [0.15, 0.2) is 255 Å². The molecule has 0 amide bonds. The Morgan fingerprint density at radius 3 is 1.41 bits per heavy atom. The zero-order chi connectivity index (χ0) is 45.7. The van der Waals surface area contributed by atoms with E-state index >= 15 is 0 Å². The van der Waals surface area contributed by atoms with Gasteiger partial charge in [0, 0.05) is 55.0 Å². The first-order valence-corrected chi connectivity index (χ1v) is 23.4. The molecule has 0 saturated carbocycles. The Kier molecular flexibility index (Phi) is 9.80. The highest BCUT2D eigenvalue weighted by Gasteiger charge is 2.21. The second-order valence-electron chi connectivity index (χ2n) is 17.5. The van der Waals surface area contributed by atoms with Gasteiger partial charge in [0.25, 0.3) is 0 Å². The van der Waals surface area contributed by atoms with Crippen LogP contribution in [0.2, 0.25) is 0 Å². The van der Waals surface area contributed by atoms with Gasteiger partial charge in [0.1, 0.15) is 0 Å². The minimum absolute atomic E-state index is 0.657. The Morgan fingerprint density at radius 1 is 0.275 bits per heavy atom. The quantitative estimate of drug-likeness (QED) is 0.143. The largest absolute Gasteiger partial charge is 0.309 e. The Hall–Kier alpha value is -9.25. The van der Waals surface area contributed by atoms with Crippen molar-refractivity contribution in [3.05, 3.63) is 255 Å². The summed E-state index contributed by atoms with van der Waals surface area (Å²) in [5.41, 5.74) is 17.9. The van der Waals surface area contributed by atoms with Crippen molar-refractivity contribution in [2.45, 2.75) is 0 Å². The molecular weight excluding hydrogens is 837 g/mol. The Bertz CT molecular complexity index is 3910. The second-order valence-corrected chi connectivity index (χ2v) is 17.5. The summed E-state index contributed by atoms with van der Waals surface area (Å²) in [6.45, 7) is 0. The predicted octanol–water partition coefficient (Wildman–Crippen LogP) is 16.9. The number of para-hydroxylation sites is 3. The van der Waals surface area contributed by atoms with Crippen molar-refractivity contribution in [3.8, 4) is 84.2 Å². The number of nitrogens with zero attached hydrogens (tertiary/aromatic N) is 4. The number of hydrogen-bond acceptors (Lipinski definition) is 3. The molecule has 0 N–H and O–H groups in total. The molecule has 0 aliphatic heterocycles. The van der Waals surface area contributed by atoms with Crippen LogP contribution >= 0.6 is 0 Å². The average Bonchev–Trinajstić information content (AvgIpc) is 3.78. The molecule has 4 nitrogen and oxygen atoms in total. The Morgan fingerprint density at radius 2 is 0.768 bits per heavy atom. The lowest BCUT2D eigenvalue weighted by Crippen LogP contribution is -1.97. The van der Waals surface area contributed by atoms with Crippen LogP contribution in [0.1, 0.15) is 0 Å². The third-order valence-corrected chi connectivity index (χ3v) is 13.4. The minimum Gasteiger partial charge on any atom is -0.309 e. The second kappa shape index (κ2) is 16.9. The van der Waals surface area contributed by atoms with Gasteiger partial charge in [-0.2, -0.15) is 0 Å². The lowest BCUT2D eigenvalue weighted by molar-refractivity contribution is 1.18. The van der Waals surface area contributed by atoms with E-state index in [1.165, 1.54) is 27.4 Å². The predicted molar refractivity (Wildman–Crippen MR) is 287 cm³/mol. The van der Waals surface area contributed by atoms with Crippen LogP contribution in [-0.2, 0) is 0 Å². The van der Waals surface area contributed by atoms with Crippen molar-refractivity contribution in [2.24, 2.45) is 0 Å². The lowest BCUT2D eigenvalue weighted by Gasteiger charge is -2.15. The molecule has 0 atom stereocenters. The van der Waals surface area contributed by atoms with E-state index in [1.807, 2.05) is 12.1 Å². The molecule has 13 rings (SSSR count). The van der Waals surface area contributed by atoms with Gasteiger partial charge in [-0.15, -0.1) is 0 Å². The molecule has 322 valence electrons. The van der Waals surface area contributed by atoms with Gasteiger partial charge in [-0.25, -0.2) is 15.0 Å². The minimum atomic E-state index is 0.657. The highest BCUT2D eigenvalue weighted by molar-refractivity contribution is 6.29. The molecule has 0 aliphatic rings. The molecule has 69 heavy (non-hydrogen) atoms. The average molecular weight is 879 g/mol. The molecule has 3 heterocycles. The first-order chi connectivity index (χ1) is 34.2. The van der Waals surface area contributed by atoms with Crippen LogP contribution in [-0.4, -0.2) is 19.5 Å². The fraction of sp³-hybridized carbons (Fsp3) is 0. The number of fused-ring (bicyclic) bond motifs is 7. The van der Waals surface area contributed by atoms with Crippen LogP contribution in [0.5, 0.6) is 0 Å². The van der Waals surface area contributed by atoms with Crippen LogP contribution in [0, 0.1) is 0 Å². The summed E-state index contributed by atoms with van der Waals surface area (Å²) in [6.07, 6.45) is 0. The molecule has 0 saturated heterocycles.